The molecular formula is C31H35ClF4N4O2. The van der Waals surface area contributed by atoms with E-state index >= 15 is 0 Å². The zero-order chi connectivity index (χ0) is 31.0. The first-order chi connectivity index (χ1) is 19.9. The molecule has 1 unspecified atom stereocenters. The number of hydrogen-bond acceptors (Lipinski definition) is 6. The summed E-state index contributed by atoms with van der Waals surface area (Å²) in [6, 6.07) is 9.54. The van der Waals surface area contributed by atoms with Gasteiger partial charge in [-0.2, -0.15) is 13.2 Å². The predicted molar refractivity (Wildman–Crippen MR) is 160 cm³/mol. The van der Waals surface area contributed by atoms with Crippen LogP contribution in [0.4, 0.5) is 23.2 Å². The molecule has 0 amide bonds. The fraction of sp³-hybridized carbons (Fsp3) is 0.355. The van der Waals surface area contributed by atoms with Crippen LogP contribution in [0.3, 0.4) is 0 Å². The Morgan fingerprint density at radius 2 is 1.88 bits per heavy atom. The molecule has 1 aromatic heterocycles. The van der Waals surface area contributed by atoms with E-state index in [1.54, 1.807) is 39.4 Å². The molecule has 1 aliphatic rings. The van der Waals surface area contributed by atoms with Crippen molar-refractivity contribution in [3.8, 4) is 22.8 Å². The number of rotatable bonds is 9. The van der Waals surface area contributed by atoms with Gasteiger partial charge in [-0.3, -0.25) is 4.99 Å². The summed E-state index contributed by atoms with van der Waals surface area (Å²) in [5.74, 6) is 0.202. The zero-order valence-electron chi connectivity index (χ0n) is 23.9. The third-order valence-electron chi connectivity index (χ3n) is 6.69. The Kier molecular flexibility index (Phi) is 11.2. The van der Waals surface area contributed by atoms with Gasteiger partial charge in [-0.25, -0.2) is 9.37 Å². The summed E-state index contributed by atoms with van der Waals surface area (Å²) < 4.78 is 63.6. The lowest BCUT2D eigenvalue weighted by molar-refractivity contribution is -0.153. The summed E-state index contributed by atoms with van der Waals surface area (Å²) in [6.45, 7) is 2.08. The second-order valence-electron chi connectivity index (χ2n) is 9.94. The summed E-state index contributed by atoms with van der Waals surface area (Å²) >= 11 is 6.00. The molecule has 1 aliphatic carbocycles. The molecule has 11 heteroatoms. The number of alkyl halides is 3. The van der Waals surface area contributed by atoms with E-state index in [0.29, 0.717) is 40.6 Å². The van der Waals surface area contributed by atoms with Crippen molar-refractivity contribution < 1.29 is 27.0 Å². The summed E-state index contributed by atoms with van der Waals surface area (Å²) in [5.41, 5.74) is 15.0. The van der Waals surface area contributed by atoms with Crippen molar-refractivity contribution in [2.75, 3.05) is 26.5 Å². The Hall–Kier alpha value is -3.79. The second-order valence-corrected chi connectivity index (χ2v) is 10.3. The molecular weight excluding hydrogens is 572 g/mol. The topological polar surface area (TPSA) is 95.8 Å². The molecule has 0 spiro atoms. The molecule has 3 aromatic rings. The lowest BCUT2D eigenvalue weighted by atomic mass is 9.89. The number of hydrogen-bond donors (Lipinski definition) is 2. The highest BCUT2D eigenvalue weighted by Gasteiger charge is 2.35. The fourth-order valence-corrected chi connectivity index (χ4v) is 4.74. The third-order valence-corrected chi connectivity index (χ3v) is 6.98. The van der Waals surface area contributed by atoms with Gasteiger partial charge in [-0.1, -0.05) is 17.7 Å². The molecule has 1 saturated carbocycles. The molecule has 0 aliphatic heterocycles. The van der Waals surface area contributed by atoms with Crippen LogP contribution in [0.2, 0.25) is 5.02 Å². The Morgan fingerprint density at radius 1 is 1.19 bits per heavy atom. The summed E-state index contributed by atoms with van der Waals surface area (Å²) in [5, 5.41) is -0.160. The highest BCUT2D eigenvalue weighted by molar-refractivity contribution is 6.31. The van der Waals surface area contributed by atoms with E-state index in [4.69, 9.17) is 37.5 Å². The zero-order valence-corrected chi connectivity index (χ0v) is 24.7. The van der Waals surface area contributed by atoms with E-state index in [0.717, 1.165) is 30.0 Å². The number of nitrogens with zero attached hydrogens (tertiary/aromatic N) is 2. The molecule has 6 nitrogen and oxygen atoms in total. The van der Waals surface area contributed by atoms with Gasteiger partial charge in [0, 0.05) is 36.0 Å². The number of nitrogen functional groups attached to an aromatic ring is 1. The van der Waals surface area contributed by atoms with Crippen LogP contribution in [0.1, 0.15) is 48.1 Å². The normalized spacial score (nSPS) is 14.1. The second kappa shape index (κ2) is 14.4. The summed E-state index contributed by atoms with van der Waals surface area (Å²) in [7, 11) is 3.20. The van der Waals surface area contributed by atoms with E-state index in [1.807, 2.05) is 19.1 Å². The van der Waals surface area contributed by atoms with Crippen LogP contribution >= 0.6 is 11.6 Å². The number of halogens is 5. The van der Waals surface area contributed by atoms with Crippen LogP contribution < -0.4 is 20.9 Å². The number of aromatic nitrogens is 1. The van der Waals surface area contributed by atoms with Crippen molar-refractivity contribution >= 4 is 23.5 Å². The number of nitrogens with two attached hydrogens (primary N) is 2. The molecule has 0 radical (unpaired) electrons. The molecule has 2 aromatic carbocycles. The third kappa shape index (κ3) is 8.61. The number of pyridine rings is 1. The lowest BCUT2D eigenvalue weighted by Gasteiger charge is -2.22. The van der Waals surface area contributed by atoms with Crippen LogP contribution in [0.25, 0.3) is 11.3 Å². The van der Waals surface area contributed by atoms with Crippen LogP contribution in [0.5, 0.6) is 11.5 Å². The molecule has 1 fully saturated rings. The quantitative estimate of drug-likeness (QED) is 0.148. The average Bonchev–Trinajstić information content (AvgIpc) is 3.79. The molecule has 4 rings (SSSR count). The molecule has 42 heavy (non-hydrogen) atoms. The first kappa shape index (κ1) is 32.7. The smallest absolute Gasteiger partial charge is 0.422 e. The first-order valence-electron chi connectivity index (χ1n) is 13.3. The van der Waals surface area contributed by atoms with Crippen LogP contribution in [0, 0.1) is 18.7 Å². The van der Waals surface area contributed by atoms with E-state index in [9.17, 15) is 17.6 Å². The Morgan fingerprint density at radius 3 is 2.43 bits per heavy atom. The first-order valence-corrected chi connectivity index (χ1v) is 13.7. The van der Waals surface area contributed by atoms with E-state index in [1.165, 1.54) is 18.3 Å². The van der Waals surface area contributed by atoms with E-state index < -0.39 is 18.6 Å². The number of aryl methyl sites for hydroxylation is 1. The van der Waals surface area contributed by atoms with Crippen LogP contribution in [-0.4, -0.2) is 38.1 Å². The minimum Gasteiger partial charge on any atom is -0.495 e. The van der Waals surface area contributed by atoms with E-state index in [-0.39, 0.29) is 22.4 Å². The summed E-state index contributed by atoms with van der Waals surface area (Å²) in [6.07, 6.45) is 3.02. The lowest BCUT2D eigenvalue weighted by Crippen LogP contribution is -2.20. The number of allylic oxidation sites excluding steroid dienone is 1. The molecule has 1 heterocycles. The van der Waals surface area contributed by atoms with Crippen molar-refractivity contribution in [1.29, 1.82) is 0 Å². The van der Waals surface area contributed by atoms with Gasteiger partial charge in [-0.05, 0) is 92.8 Å². The van der Waals surface area contributed by atoms with Crippen molar-refractivity contribution in [3.05, 3.63) is 81.9 Å². The standard InChI is InChI=1S/C28H28ClF4N3O2.C3H7N/c1-15-8-23(20(17-4-5-17)10-16-9-19(13-35-2)25(34)24(11-16)37-3)36-26(27(15)38-14-28(31,32)33)18-6-7-22(30)21(29)12-18;1-2-3-4/h6-9,11-13,17,20H,4-5,10,14,34H2,1-3H3;2-3H,4H2,1H3/b;3-2-. The molecule has 0 saturated heterocycles. The van der Waals surface area contributed by atoms with Gasteiger partial charge in [0.2, 0.25) is 0 Å². The Bertz CT molecular complexity index is 1440. The monoisotopic (exact) mass is 606 g/mol. The van der Waals surface area contributed by atoms with Crippen molar-refractivity contribution in [3.63, 3.8) is 0 Å². The maximum atomic E-state index is 13.9. The molecule has 226 valence electrons. The van der Waals surface area contributed by atoms with Crippen molar-refractivity contribution in [1.82, 2.24) is 4.98 Å². The highest BCUT2D eigenvalue weighted by Crippen LogP contribution is 2.46. The minimum atomic E-state index is -4.53. The van der Waals surface area contributed by atoms with Gasteiger partial charge in [0.1, 0.15) is 23.0 Å². The van der Waals surface area contributed by atoms with Crippen molar-refractivity contribution in [2.24, 2.45) is 16.6 Å². The minimum absolute atomic E-state index is 0.0149. The average molecular weight is 607 g/mol. The number of ether oxygens (including phenoxy) is 2. The van der Waals surface area contributed by atoms with Gasteiger partial charge in [0.05, 0.1) is 17.8 Å². The number of anilines is 1. The SMILES string of the molecule is C/C=C\N.CN=Cc1cc(CC(c2cc(C)c(OCC(F)(F)F)c(-c3ccc(F)c(Cl)c3)n2)C2CC2)cc(OC)c1N. The van der Waals surface area contributed by atoms with Crippen molar-refractivity contribution in [2.45, 2.75) is 45.2 Å². The van der Waals surface area contributed by atoms with Gasteiger partial charge in [0.15, 0.2) is 6.61 Å². The maximum absolute atomic E-state index is 13.9. The number of aliphatic imine (C=N–C) groups is 1. The van der Waals surface area contributed by atoms with Crippen LogP contribution in [-0.2, 0) is 6.42 Å². The number of methoxy groups -OCH3 is 1. The number of benzene rings is 2. The van der Waals surface area contributed by atoms with Gasteiger partial charge in [0.25, 0.3) is 0 Å². The van der Waals surface area contributed by atoms with Gasteiger partial charge in [-0.15, -0.1) is 0 Å². The predicted octanol–water partition coefficient (Wildman–Crippen LogP) is 7.65. The highest BCUT2D eigenvalue weighted by atomic mass is 35.5. The van der Waals surface area contributed by atoms with Crippen LogP contribution in [0.15, 0.2) is 53.7 Å². The largest absolute Gasteiger partial charge is 0.495 e. The maximum Gasteiger partial charge on any atom is 0.422 e. The molecule has 4 N–H and O–H groups in total. The van der Waals surface area contributed by atoms with E-state index in [2.05, 4.69) is 4.99 Å². The summed E-state index contributed by atoms with van der Waals surface area (Å²) in [4.78, 5) is 8.87. The van der Waals surface area contributed by atoms with Gasteiger partial charge < -0.3 is 20.9 Å². The fourth-order valence-electron chi connectivity index (χ4n) is 4.56. The molecule has 1 atom stereocenters. The Labute approximate surface area is 248 Å². The Balaban J connectivity index is 0.00000114. The van der Waals surface area contributed by atoms with Gasteiger partial charge >= 0.3 is 6.18 Å². The molecule has 0 bridgehead atoms.